The Kier molecular flexibility index (Phi) is 32.8. The van der Waals surface area contributed by atoms with Crippen LogP contribution in [0, 0.1) is 0 Å². The van der Waals surface area contributed by atoms with Gasteiger partial charge in [0.1, 0.15) is 13.1 Å². The second kappa shape index (κ2) is 33.3. The van der Waals surface area contributed by atoms with Crippen molar-refractivity contribution < 1.29 is 21.7 Å². The molecule has 0 aromatic carbocycles. The van der Waals surface area contributed by atoms with Gasteiger partial charge in [0.05, 0.1) is 20.1 Å². The highest BCUT2D eigenvalue weighted by atomic mass is 35.5. The number of hydrogen-bond acceptors (Lipinski definition) is 2. The summed E-state index contributed by atoms with van der Waals surface area (Å²) < 4.78 is 0.942. The fraction of sp³-hybridized carbons (Fsp3) is 0.950. The maximum atomic E-state index is 12.4. The largest absolute Gasteiger partial charge is 1.00 e. The quantitative estimate of drug-likeness (QED) is 0.0546. The summed E-state index contributed by atoms with van der Waals surface area (Å²) in [4.78, 5) is 17.3. The van der Waals surface area contributed by atoms with Crippen LogP contribution in [0.3, 0.4) is 0 Å². The van der Waals surface area contributed by atoms with E-state index in [9.17, 15) is 4.79 Å². The van der Waals surface area contributed by atoms with Crippen molar-refractivity contribution in [1.29, 1.82) is 0 Å². The van der Waals surface area contributed by atoms with Crippen LogP contribution in [-0.2, 0) is 4.79 Å². The maximum absolute atomic E-state index is 12.4. The lowest BCUT2D eigenvalue weighted by molar-refractivity contribution is -0.814. The Morgan fingerprint density at radius 3 is 1.33 bits per heavy atom. The van der Waals surface area contributed by atoms with Gasteiger partial charge in [-0.25, -0.2) is 4.99 Å². The minimum absolute atomic E-state index is 0. The summed E-state index contributed by atoms with van der Waals surface area (Å²) in [6, 6.07) is 0. The molecule has 0 saturated carbocycles. The van der Waals surface area contributed by atoms with Crippen LogP contribution in [-0.4, -0.2) is 49.5 Å². The van der Waals surface area contributed by atoms with Crippen molar-refractivity contribution in [2.45, 2.75) is 213 Å². The third-order valence-corrected chi connectivity index (χ3v) is 10.2. The zero-order chi connectivity index (χ0) is 31.8. The monoisotopic (exact) mass is 654 g/mol. The molecule has 1 rings (SSSR count). The molecule has 1 heterocycles. The molecule has 0 aliphatic carbocycles. The summed E-state index contributed by atoms with van der Waals surface area (Å²) in [5, 5.41) is 3.21. The first-order valence-electron chi connectivity index (χ1n) is 20.3. The third-order valence-electron chi connectivity index (χ3n) is 10.2. The van der Waals surface area contributed by atoms with Gasteiger partial charge in [-0.3, -0.25) is 9.28 Å². The lowest BCUT2D eigenvalue weighted by Gasteiger charge is -2.30. The minimum atomic E-state index is 0. The van der Waals surface area contributed by atoms with Gasteiger partial charge in [0, 0.05) is 12.8 Å². The molecule has 1 aliphatic rings. The van der Waals surface area contributed by atoms with E-state index in [4.69, 9.17) is 4.99 Å². The van der Waals surface area contributed by atoms with Crippen molar-refractivity contribution in [2.75, 3.05) is 33.2 Å². The fourth-order valence-electron chi connectivity index (χ4n) is 6.95. The van der Waals surface area contributed by atoms with Gasteiger partial charge in [-0.05, 0) is 12.8 Å². The van der Waals surface area contributed by atoms with E-state index in [1.165, 1.54) is 186 Å². The average Bonchev–Trinajstić information content (AvgIpc) is 3.38. The fourth-order valence-corrected chi connectivity index (χ4v) is 6.95. The summed E-state index contributed by atoms with van der Waals surface area (Å²) >= 11 is 0. The number of rotatable bonds is 34. The Morgan fingerprint density at radius 2 is 0.933 bits per heavy atom. The van der Waals surface area contributed by atoms with E-state index in [-0.39, 0.29) is 18.3 Å². The van der Waals surface area contributed by atoms with Crippen LogP contribution in [0.4, 0.5) is 0 Å². The first-order valence-corrected chi connectivity index (χ1v) is 20.3. The first-order chi connectivity index (χ1) is 21.6. The van der Waals surface area contributed by atoms with Crippen LogP contribution in [0.2, 0.25) is 0 Å². The smallest absolute Gasteiger partial charge is 0.220 e. The van der Waals surface area contributed by atoms with Crippen LogP contribution in [0.1, 0.15) is 213 Å². The summed E-state index contributed by atoms with van der Waals surface area (Å²) in [5.41, 5.74) is 0. The summed E-state index contributed by atoms with van der Waals surface area (Å²) in [6.45, 7) is 8.41. The highest BCUT2D eigenvalue weighted by molar-refractivity contribution is 5.77. The van der Waals surface area contributed by atoms with Crippen molar-refractivity contribution in [3.63, 3.8) is 0 Å². The van der Waals surface area contributed by atoms with Crippen molar-refractivity contribution in [3.8, 4) is 0 Å². The molecule has 0 saturated heterocycles. The Balaban J connectivity index is 0.0000194. The van der Waals surface area contributed by atoms with E-state index < -0.39 is 0 Å². The number of carbonyl (C=O) groups excluding carboxylic acids is 1. The van der Waals surface area contributed by atoms with E-state index in [0.717, 1.165) is 43.5 Å². The van der Waals surface area contributed by atoms with E-state index in [1.807, 2.05) is 0 Å². The van der Waals surface area contributed by atoms with Crippen molar-refractivity contribution in [1.82, 2.24) is 5.32 Å². The molecule has 1 atom stereocenters. The van der Waals surface area contributed by atoms with Gasteiger partial charge in [0.2, 0.25) is 5.91 Å². The Morgan fingerprint density at radius 1 is 0.578 bits per heavy atom. The number of amides is 1. The number of amidine groups is 1. The number of unbranched alkanes of at least 4 members (excludes halogenated alkanes) is 27. The van der Waals surface area contributed by atoms with Crippen LogP contribution < -0.4 is 17.7 Å². The molecule has 4 nitrogen and oxygen atoms in total. The van der Waals surface area contributed by atoms with E-state index >= 15 is 0 Å². The molecule has 0 radical (unpaired) electrons. The molecule has 0 spiro atoms. The summed E-state index contributed by atoms with van der Waals surface area (Å²) in [6.07, 6.45) is 42.0. The predicted molar refractivity (Wildman–Crippen MR) is 196 cm³/mol. The minimum Gasteiger partial charge on any atom is -1.00 e. The van der Waals surface area contributed by atoms with Gasteiger partial charge in [0.15, 0.2) is 5.84 Å². The average molecular weight is 655 g/mol. The van der Waals surface area contributed by atoms with Crippen molar-refractivity contribution in [3.05, 3.63) is 0 Å². The first kappa shape index (κ1) is 44.4. The second-order valence-corrected chi connectivity index (χ2v) is 14.5. The molecule has 0 bridgehead atoms. The molecular formula is C40H80ClN3O. The Labute approximate surface area is 289 Å². The SMILES string of the molecule is CCCCCCCCCCCCCCCCCCC1=NCC[N+]1(C)CCNC(=O)CCCCCCCCCCCCCCC.[Cl-]. The zero-order valence-corrected chi connectivity index (χ0v) is 31.7. The third kappa shape index (κ3) is 27.1. The molecule has 268 valence electrons. The number of hydrogen-bond donors (Lipinski definition) is 1. The Bertz CT molecular complexity index is 670. The number of aliphatic imine (C=N–C) groups is 1. The second-order valence-electron chi connectivity index (χ2n) is 14.5. The molecule has 1 N–H and O–H groups in total. The van der Waals surface area contributed by atoms with E-state index in [2.05, 4.69) is 26.2 Å². The molecule has 0 fully saturated rings. The van der Waals surface area contributed by atoms with Crippen LogP contribution in [0.25, 0.3) is 0 Å². The topological polar surface area (TPSA) is 41.5 Å². The summed E-state index contributed by atoms with van der Waals surface area (Å²) in [7, 11) is 2.33. The lowest BCUT2D eigenvalue weighted by Crippen LogP contribution is -3.00. The van der Waals surface area contributed by atoms with Gasteiger partial charge >= 0.3 is 0 Å². The molecule has 0 aromatic heterocycles. The molecule has 45 heavy (non-hydrogen) atoms. The summed E-state index contributed by atoms with van der Waals surface area (Å²) in [5.74, 6) is 1.62. The predicted octanol–water partition coefficient (Wildman–Crippen LogP) is 9.10. The number of nitrogens with one attached hydrogen (secondary N) is 1. The van der Waals surface area contributed by atoms with Crippen molar-refractivity contribution >= 4 is 11.7 Å². The van der Waals surface area contributed by atoms with Crippen LogP contribution >= 0.6 is 0 Å². The zero-order valence-electron chi connectivity index (χ0n) is 30.9. The van der Waals surface area contributed by atoms with Gasteiger partial charge in [0.25, 0.3) is 0 Å². The molecule has 1 unspecified atom stereocenters. The van der Waals surface area contributed by atoms with E-state index in [1.54, 1.807) is 0 Å². The molecule has 1 aliphatic heterocycles. The highest BCUT2D eigenvalue weighted by Crippen LogP contribution is 2.19. The van der Waals surface area contributed by atoms with Crippen LogP contribution in [0.5, 0.6) is 0 Å². The number of quaternary nitrogens is 1. The standard InChI is InChI=1S/C40H79N3O.ClH/c1-4-6-8-10-12-14-16-18-19-20-22-23-25-27-29-31-33-39-41-35-37-43(39,3)38-36-42-40(44)34-32-30-28-26-24-21-17-15-13-11-9-7-5-2;/h4-38H2,1-3H3;1H. The number of likely N-dealkylation sites (N-methyl/N-ethyl adjacent to an activating group) is 1. The van der Waals surface area contributed by atoms with Gasteiger partial charge in [-0.2, -0.15) is 0 Å². The van der Waals surface area contributed by atoms with E-state index in [0.29, 0.717) is 6.42 Å². The Hall–Kier alpha value is -0.610. The molecular weight excluding hydrogens is 574 g/mol. The normalized spacial score (nSPS) is 16.1. The lowest BCUT2D eigenvalue weighted by atomic mass is 10.0. The van der Waals surface area contributed by atoms with Crippen LogP contribution in [0.15, 0.2) is 4.99 Å². The molecule has 1 amide bonds. The van der Waals surface area contributed by atoms with Gasteiger partial charge in [-0.15, -0.1) is 0 Å². The highest BCUT2D eigenvalue weighted by Gasteiger charge is 2.32. The maximum Gasteiger partial charge on any atom is 0.220 e. The van der Waals surface area contributed by atoms with Crippen molar-refractivity contribution in [2.24, 2.45) is 4.99 Å². The number of halogens is 1. The molecule has 5 heteroatoms. The molecule has 0 aromatic rings. The number of nitrogens with zero attached hydrogens (tertiary/aromatic N) is 2. The van der Waals surface area contributed by atoms with Gasteiger partial charge in [-0.1, -0.05) is 187 Å². The van der Waals surface area contributed by atoms with Gasteiger partial charge < -0.3 is 17.7 Å². The number of carbonyl (C=O) groups is 1.